The predicted molar refractivity (Wildman–Crippen MR) is 109 cm³/mol. The van der Waals surface area contributed by atoms with Crippen molar-refractivity contribution in [1.29, 1.82) is 0 Å². The van der Waals surface area contributed by atoms with Gasteiger partial charge in [0.1, 0.15) is 0 Å². The van der Waals surface area contributed by atoms with Crippen LogP contribution in [0.5, 0.6) is 0 Å². The second-order valence-electron chi connectivity index (χ2n) is 6.94. The molecule has 2 amide bonds. The topological polar surface area (TPSA) is 90.0 Å². The number of carbonyl (C=O) groups excluding carboxylic acids is 2. The molecule has 0 spiro atoms. The van der Waals surface area contributed by atoms with Crippen molar-refractivity contribution in [2.45, 2.75) is 6.18 Å². The number of halogens is 5. The first-order valence-corrected chi connectivity index (χ1v) is 9.31. The Kier molecular flexibility index (Phi) is 5.32. The second-order valence-corrected chi connectivity index (χ2v) is 6.94. The zero-order valence-electron chi connectivity index (χ0n) is 16.5. The Hall–Kier alpha value is -4.28. The zero-order chi connectivity index (χ0) is 23.9. The summed E-state index contributed by atoms with van der Waals surface area (Å²) in [5.41, 5.74) is 4.86. The summed E-state index contributed by atoms with van der Waals surface area (Å²) in [6.07, 6.45) is -4.81. The molecule has 4 aromatic rings. The minimum Gasteiger partial charge on any atom is -0.366 e. The third-order valence-corrected chi connectivity index (χ3v) is 4.77. The Bertz CT molecular complexity index is 1390. The van der Waals surface area contributed by atoms with Crippen LogP contribution < -0.4 is 11.1 Å². The molecule has 0 fully saturated rings. The molecule has 4 rings (SSSR count). The molecule has 0 saturated heterocycles. The van der Waals surface area contributed by atoms with E-state index in [9.17, 15) is 31.5 Å². The average molecular weight is 460 g/mol. The fourth-order valence-corrected chi connectivity index (χ4v) is 3.26. The third-order valence-electron chi connectivity index (χ3n) is 4.77. The number of alkyl halides is 3. The molecule has 0 aliphatic heterocycles. The first-order chi connectivity index (χ1) is 15.6. The number of primary amides is 1. The maximum absolute atomic E-state index is 13.8. The van der Waals surface area contributed by atoms with Gasteiger partial charge in [-0.1, -0.05) is 6.07 Å². The zero-order valence-corrected chi connectivity index (χ0v) is 16.5. The van der Waals surface area contributed by atoms with Crippen LogP contribution in [0.25, 0.3) is 16.7 Å². The molecule has 0 radical (unpaired) electrons. The number of nitrogens with two attached hydrogens (primary N) is 1. The number of imidazole rings is 1. The number of carbonyl (C=O) groups is 2. The largest absolute Gasteiger partial charge is 0.450 e. The average Bonchev–Trinajstić information content (AvgIpc) is 3.15. The van der Waals surface area contributed by atoms with Gasteiger partial charge >= 0.3 is 6.18 Å². The molecule has 168 valence electrons. The molecule has 11 heteroatoms. The lowest BCUT2D eigenvalue weighted by molar-refractivity contribution is -0.145. The van der Waals surface area contributed by atoms with E-state index in [0.717, 1.165) is 22.8 Å². The first kappa shape index (κ1) is 21.9. The van der Waals surface area contributed by atoms with E-state index in [4.69, 9.17) is 5.73 Å². The maximum atomic E-state index is 13.8. The number of rotatable bonds is 4. The van der Waals surface area contributed by atoms with Gasteiger partial charge in [-0.2, -0.15) is 13.2 Å². The third kappa shape index (κ3) is 4.12. The van der Waals surface area contributed by atoms with E-state index in [2.05, 4.69) is 10.3 Å². The number of nitrogens with one attached hydrogen (secondary N) is 1. The highest BCUT2D eigenvalue weighted by Crippen LogP contribution is 2.34. The minimum absolute atomic E-state index is 0.00326. The molecule has 6 nitrogen and oxygen atoms in total. The van der Waals surface area contributed by atoms with Crippen molar-refractivity contribution < 1.29 is 31.5 Å². The summed E-state index contributed by atoms with van der Waals surface area (Å²) in [6.45, 7) is 0. The molecule has 1 heterocycles. The predicted octanol–water partition coefficient (Wildman–Crippen LogP) is 4.67. The molecule has 0 atom stereocenters. The Labute approximate surface area is 182 Å². The van der Waals surface area contributed by atoms with Gasteiger partial charge in [0.15, 0.2) is 11.6 Å². The maximum Gasteiger partial charge on any atom is 0.450 e. The Balaban J connectivity index is 1.71. The van der Waals surface area contributed by atoms with Crippen molar-refractivity contribution in [3.05, 3.63) is 89.2 Å². The number of fused-ring (bicyclic) bond motifs is 1. The van der Waals surface area contributed by atoms with Crippen LogP contribution in [0, 0.1) is 11.6 Å². The van der Waals surface area contributed by atoms with Gasteiger partial charge < -0.3 is 11.1 Å². The number of hydrogen-bond donors (Lipinski definition) is 2. The number of aromatic nitrogens is 2. The van der Waals surface area contributed by atoms with Gasteiger partial charge in [-0.3, -0.25) is 14.2 Å². The van der Waals surface area contributed by atoms with E-state index in [1.807, 2.05) is 0 Å². The fourth-order valence-electron chi connectivity index (χ4n) is 3.26. The Morgan fingerprint density at radius 1 is 0.970 bits per heavy atom. The van der Waals surface area contributed by atoms with Gasteiger partial charge in [-0.05, 0) is 54.6 Å². The van der Waals surface area contributed by atoms with Gasteiger partial charge in [-0.25, -0.2) is 13.8 Å². The standard InChI is InChI=1S/C22H13F5N4O2/c23-15-3-1-2-14(18(15)24)20(33)29-12-5-7-13(8-6-12)31-17-9-4-11(19(28)32)10-16(17)30-21(31)22(25,26)27/h1-10H,(H2,28,32)(H,29,33). The fraction of sp³-hybridized carbons (Fsp3) is 0.0455. The Morgan fingerprint density at radius 2 is 1.67 bits per heavy atom. The molecule has 0 unspecified atom stereocenters. The van der Waals surface area contributed by atoms with Gasteiger partial charge in [-0.15, -0.1) is 0 Å². The highest BCUT2D eigenvalue weighted by Gasteiger charge is 2.38. The molecular weight excluding hydrogens is 447 g/mol. The van der Waals surface area contributed by atoms with Crippen molar-refractivity contribution in [2.75, 3.05) is 5.32 Å². The summed E-state index contributed by atoms with van der Waals surface area (Å²) in [5.74, 6) is -5.47. The van der Waals surface area contributed by atoms with E-state index in [1.165, 1.54) is 42.5 Å². The summed E-state index contributed by atoms with van der Waals surface area (Å²) in [4.78, 5) is 27.2. The highest BCUT2D eigenvalue weighted by molar-refractivity contribution is 6.04. The second kappa shape index (κ2) is 8.01. The Morgan fingerprint density at radius 3 is 2.30 bits per heavy atom. The van der Waals surface area contributed by atoms with Crippen LogP contribution in [0.3, 0.4) is 0 Å². The van der Waals surface area contributed by atoms with Crippen LogP contribution in [0.2, 0.25) is 0 Å². The van der Waals surface area contributed by atoms with Gasteiger partial charge in [0.05, 0.1) is 16.6 Å². The summed E-state index contributed by atoms with van der Waals surface area (Å²) >= 11 is 0. The van der Waals surface area contributed by atoms with Crippen molar-refractivity contribution in [2.24, 2.45) is 5.73 Å². The van der Waals surface area contributed by atoms with Crippen LogP contribution in [-0.4, -0.2) is 21.4 Å². The van der Waals surface area contributed by atoms with Crippen molar-refractivity contribution in [3.8, 4) is 5.69 Å². The summed E-state index contributed by atoms with van der Waals surface area (Å²) in [7, 11) is 0. The summed E-state index contributed by atoms with van der Waals surface area (Å²) in [5, 5.41) is 2.36. The molecule has 0 saturated carbocycles. The summed E-state index contributed by atoms with van der Waals surface area (Å²) < 4.78 is 68.9. The molecule has 0 bridgehead atoms. The smallest absolute Gasteiger partial charge is 0.366 e. The van der Waals surface area contributed by atoms with E-state index < -0.39 is 41.0 Å². The van der Waals surface area contributed by atoms with Crippen molar-refractivity contribution >= 4 is 28.5 Å². The van der Waals surface area contributed by atoms with Crippen LogP contribution in [0.4, 0.5) is 27.6 Å². The number of amides is 2. The van der Waals surface area contributed by atoms with E-state index in [-0.39, 0.29) is 28.0 Å². The number of nitrogens with zero attached hydrogens (tertiary/aromatic N) is 2. The lowest BCUT2D eigenvalue weighted by Gasteiger charge is -2.13. The van der Waals surface area contributed by atoms with Gasteiger partial charge in [0.2, 0.25) is 11.7 Å². The SMILES string of the molecule is NC(=O)c1ccc2c(c1)nc(C(F)(F)F)n2-c1ccc(NC(=O)c2cccc(F)c2F)cc1. The van der Waals surface area contributed by atoms with Crippen molar-refractivity contribution in [3.63, 3.8) is 0 Å². The highest BCUT2D eigenvalue weighted by atomic mass is 19.4. The minimum atomic E-state index is -4.81. The molecule has 3 aromatic carbocycles. The number of anilines is 1. The molecule has 1 aromatic heterocycles. The molecule has 33 heavy (non-hydrogen) atoms. The summed E-state index contributed by atoms with van der Waals surface area (Å²) in [6, 6.07) is 12.0. The van der Waals surface area contributed by atoms with Gasteiger partial charge in [0, 0.05) is 16.9 Å². The molecular formula is C22H13F5N4O2. The number of benzene rings is 3. The van der Waals surface area contributed by atoms with E-state index in [0.29, 0.717) is 0 Å². The van der Waals surface area contributed by atoms with Crippen LogP contribution >= 0.6 is 0 Å². The molecule has 3 N–H and O–H groups in total. The number of hydrogen-bond acceptors (Lipinski definition) is 3. The quantitative estimate of drug-likeness (QED) is 0.434. The van der Waals surface area contributed by atoms with Crippen LogP contribution in [-0.2, 0) is 6.18 Å². The molecule has 0 aliphatic carbocycles. The van der Waals surface area contributed by atoms with Crippen LogP contribution in [0.1, 0.15) is 26.5 Å². The van der Waals surface area contributed by atoms with Crippen LogP contribution in [0.15, 0.2) is 60.7 Å². The lowest BCUT2D eigenvalue weighted by Crippen LogP contribution is -2.15. The van der Waals surface area contributed by atoms with E-state index >= 15 is 0 Å². The molecule has 0 aliphatic rings. The van der Waals surface area contributed by atoms with Gasteiger partial charge in [0.25, 0.3) is 5.91 Å². The normalized spacial score (nSPS) is 11.5. The monoisotopic (exact) mass is 460 g/mol. The first-order valence-electron chi connectivity index (χ1n) is 9.31. The lowest BCUT2D eigenvalue weighted by atomic mass is 10.1. The van der Waals surface area contributed by atoms with Crippen molar-refractivity contribution in [1.82, 2.24) is 9.55 Å². The van der Waals surface area contributed by atoms with E-state index in [1.54, 1.807) is 0 Å².